The van der Waals surface area contributed by atoms with Crippen LogP contribution in [-0.2, 0) is 16.1 Å². The molecule has 1 aliphatic heterocycles. The highest BCUT2D eigenvalue weighted by Crippen LogP contribution is 2.44. The quantitative estimate of drug-likeness (QED) is 0.455. The maximum atomic E-state index is 15.2. The van der Waals surface area contributed by atoms with Gasteiger partial charge >= 0.3 is 0 Å². The number of carbonyl (C=O) groups is 1. The molecule has 0 fully saturated rings. The van der Waals surface area contributed by atoms with Crippen molar-refractivity contribution in [3.63, 3.8) is 0 Å². The monoisotopic (exact) mass is 468 g/mol. The Bertz CT molecular complexity index is 1350. The predicted molar refractivity (Wildman–Crippen MR) is 128 cm³/mol. The molecule has 0 aliphatic carbocycles. The summed E-state index contributed by atoms with van der Waals surface area (Å²) in [5.74, 6) is -3.58. The Morgan fingerprint density at radius 2 is 1.91 bits per heavy atom. The number of hydrogen-bond donors (Lipinski definition) is 1. The summed E-state index contributed by atoms with van der Waals surface area (Å²) in [5.41, 5.74) is 0.505. The van der Waals surface area contributed by atoms with Gasteiger partial charge in [0.2, 0.25) is 5.91 Å². The van der Waals surface area contributed by atoms with Gasteiger partial charge < -0.3 is 10.2 Å². The van der Waals surface area contributed by atoms with E-state index in [2.05, 4.69) is 21.9 Å². The molecule has 5 nitrogen and oxygen atoms in total. The van der Waals surface area contributed by atoms with E-state index in [9.17, 15) is 13.6 Å². The molecule has 1 aliphatic rings. The third-order valence-corrected chi connectivity index (χ3v) is 6.52. The molecule has 0 saturated heterocycles. The number of fused-ring (bicyclic) bond motifs is 2. The zero-order chi connectivity index (χ0) is 25.2. The summed E-state index contributed by atoms with van der Waals surface area (Å²) in [6, 6.07) is 6.99. The van der Waals surface area contributed by atoms with Crippen LogP contribution in [0.15, 0.2) is 42.5 Å². The molecule has 34 heavy (non-hydrogen) atoms. The Morgan fingerprint density at radius 1 is 1.24 bits per heavy atom. The number of aromatic nitrogens is 2. The molecule has 2 aromatic carbocycles. The van der Waals surface area contributed by atoms with Gasteiger partial charge in [0, 0.05) is 23.7 Å². The van der Waals surface area contributed by atoms with Crippen molar-refractivity contribution in [1.29, 1.82) is 0 Å². The predicted octanol–water partition coefficient (Wildman–Crippen LogP) is 6.17. The van der Waals surface area contributed by atoms with Crippen molar-refractivity contribution >= 4 is 28.3 Å². The minimum atomic E-state index is -3.48. The summed E-state index contributed by atoms with van der Waals surface area (Å²) >= 11 is 0. The van der Waals surface area contributed by atoms with E-state index in [0.717, 1.165) is 17.3 Å². The van der Waals surface area contributed by atoms with Crippen LogP contribution in [0.3, 0.4) is 0 Å². The summed E-state index contributed by atoms with van der Waals surface area (Å²) in [5, 5.41) is 3.82. The topological polar surface area (TPSA) is 58.1 Å². The molecule has 3 aromatic rings. The zero-order valence-corrected chi connectivity index (χ0v) is 20.1. The number of nitrogens with one attached hydrogen (secondary N) is 1. The van der Waals surface area contributed by atoms with Gasteiger partial charge in [-0.25, -0.2) is 14.4 Å². The molecule has 1 amide bonds. The highest BCUT2D eigenvalue weighted by molar-refractivity contribution is 6.10. The van der Waals surface area contributed by atoms with Gasteiger partial charge in [-0.05, 0) is 64.0 Å². The minimum Gasteiger partial charge on any atom is -0.363 e. The van der Waals surface area contributed by atoms with Crippen molar-refractivity contribution in [2.24, 2.45) is 0 Å². The van der Waals surface area contributed by atoms with Gasteiger partial charge in [-0.1, -0.05) is 18.7 Å². The number of nitrogens with zero attached hydrogens (tertiary/aromatic N) is 3. The average Bonchev–Trinajstić information content (AvgIpc) is 2.92. The highest BCUT2D eigenvalue weighted by atomic mass is 19.3. The van der Waals surface area contributed by atoms with Gasteiger partial charge in [-0.15, -0.1) is 0 Å². The first-order valence-corrected chi connectivity index (χ1v) is 11.0. The van der Waals surface area contributed by atoms with E-state index in [1.54, 1.807) is 25.8 Å². The maximum Gasteiger partial charge on any atom is 0.296 e. The molecular weight excluding hydrogens is 441 g/mol. The lowest BCUT2D eigenvalue weighted by molar-refractivity contribution is -0.121. The summed E-state index contributed by atoms with van der Waals surface area (Å²) < 4.78 is 44.2. The number of likely N-dealkylation sites (N-methyl/N-ethyl adjacent to an activating group) is 1. The van der Waals surface area contributed by atoms with Gasteiger partial charge in [0.15, 0.2) is 0 Å². The van der Waals surface area contributed by atoms with Crippen LogP contribution in [0.2, 0.25) is 0 Å². The lowest BCUT2D eigenvalue weighted by Crippen LogP contribution is -2.33. The molecule has 1 unspecified atom stereocenters. The normalized spacial score (nSPS) is 16.0. The lowest BCUT2D eigenvalue weighted by Gasteiger charge is -2.22. The lowest BCUT2D eigenvalue weighted by atomic mass is 9.85. The van der Waals surface area contributed by atoms with Crippen LogP contribution in [0, 0.1) is 12.7 Å². The number of allylic oxidation sites excluding steroid dienone is 1. The molecule has 178 valence electrons. The van der Waals surface area contributed by atoms with Crippen LogP contribution in [0.5, 0.6) is 0 Å². The standard InChI is InChI=1S/C26H27F3N4O/c1-13(2)26(28,29)18-10-8-9-16(22(18)27)14(3)30-23-17-11-21-19(12-20(17)31-15(4)32-23)25(5,6)24(34)33(21)7/h8-12,14H,1H2,2-7H3,(H,30,31,32). The van der Waals surface area contributed by atoms with Crippen LogP contribution >= 0.6 is 0 Å². The van der Waals surface area contributed by atoms with Crippen LogP contribution < -0.4 is 10.2 Å². The van der Waals surface area contributed by atoms with Gasteiger partial charge in [0.05, 0.1) is 22.5 Å². The number of aryl methyl sites for hydroxylation is 1. The summed E-state index contributed by atoms with van der Waals surface area (Å²) in [7, 11) is 1.72. The molecule has 0 saturated carbocycles. The first-order chi connectivity index (χ1) is 15.8. The third kappa shape index (κ3) is 3.52. The van der Waals surface area contributed by atoms with Crippen molar-refractivity contribution in [2.75, 3.05) is 17.3 Å². The number of amides is 1. The van der Waals surface area contributed by atoms with Crippen molar-refractivity contribution in [3.05, 3.63) is 70.8 Å². The Morgan fingerprint density at radius 3 is 2.56 bits per heavy atom. The van der Waals surface area contributed by atoms with Crippen molar-refractivity contribution in [3.8, 4) is 0 Å². The first-order valence-electron chi connectivity index (χ1n) is 11.0. The Hall–Kier alpha value is -3.42. The molecule has 8 heteroatoms. The van der Waals surface area contributed by atoms with Crippen molar-refractivity contribution in [2.45, 2.75) is 52.0 Å². The highest BCUT2D eigenvalue weighted by Gasteiger charge is 2.42. The van der Waals surface area contributed by atoms with Crippen molar-refractivity contribution in [1.82, 2.24) is 9.97 Å². The molecule has 4 rings (SSSR count). The number of carbonyl (C=O) groups excluding carboxylic acids is 1. The zero-order valence-electron chi connectivity index (χ0n) is 20.1. The first kappa shape index (κ1) is 23.7. The van der Waals surface area contributed by atoms with Crippen molar-refractivity contribution < 1.29 is 18.0 Å². The number of anilines is 2. The van der Waals surface area contributed by atoms with Gasteiger partial charge in [0.25, 0.3) is 5.92 Å². The van der Waals surface area contributed by atoms with Crippen LogP contribution in [0.25, 0.3) is 10.9 Å². The van der Waals surface area contributed by atoms with E-state index in [-0.39, 0.29) is 11.5 Å². The fourth-order valence-electron chi connectivity index (χ4n) is 4.45. The molecule has 2 heterocycles. The molecule has 1 aromatic heterocycles. The minimum absolute atomic E-state index is 0.0253. The van der Waals surface area contributed by atoms with E-state index in [1.807, 2.05) is 26.0 Å². The average molecular weight is 469 g/mol. The third-order valence-electron chi connectivity index (χ3n) is 6.52. The second kappa shape index (κ2) is 7.82. The number of benzene rings is 2. The van der Waals surface area contributed by atoms with E-state index in [1.165, 1.54) is 19.1 Å². The van der Waals surface area contributed by atoms with Gasteiger partial charge in [-0.3, -0.25) is 4.79 Å². The molecule has 1 N–H and O–H groups in total. The fraction of sp³-hybridized carbons (Fsp3) is 0.346. The van der Waals surface area contributed by atoms with E-state index in [4.69, 9.17) is 0 Å². The van der Waals surface area contributed by atoms with E-state index >= 15 is 4.39 Å². The summed E-state index contributed by atoms with van der Waals surface area (Å²) in [6.45, 7) is 11.6. The summed E-state index contributed by atoms with van der Waals surface area (Å²) in [6.07, 6.45) is 0. The Labute approximate surface area is 196 Å². The largest absolute Gasteiger partial charge is 0.363 e. The maximum absolute atomic E-state index is 15.2. The number of alkyl halides is 2. The van der Waals surface area contributed by atoms with Gasteiger partial charge in [-0.2, -0.15) is 8.78 Å². The summed E-state index contributed by atoms with van der Waals surface area (Å²) in [4.78, 5) is 23.4. The Kier molecular flexibility index (Phi) is 5.46. The smallest absolute Gasteiger partial charge is 0.296 e. The SMILES string of the molecule is C=C(C)C(F)(F)c1cccc(C(C)Nc2nc(C)nc3cc4c(cc23)N(C)C(=O)C4(C)C)c1F. The number of hydrogen-bond acceptors (Lipinski definition) is 4. The second-order valence-electron chi connectivity index (χ2n) is 9.42. The molecule has 1 atom stereocenters. The number of rotatable bonds is 5. The second-order valence-corrected chi connectivity index (χ2v) is 9.42. The molecule has 0 bridgehead atoms. The number of halogens is 3. The molecule has 0 radical (unpaired) electrons. The fourth-order valence-corrected chi connectivity index (χ4v) is 4.45. The van der Waals surface area contributed by atoms with Crippen LogP contribution in [0.4, 0.5) is 24.7 Å². The molecule has 0 spiro atoms. The Balaban J connectivity index is 1.80. The van der Waals surface area contributed by atoms with E-state index in [0.29, 0.717) is 22.5 Å². The van der Waals surface area contributed by atoms with Crippen LogP contribution in [0.1, 0.15) is 56.3 Å². The molecular formula is C26H27F3N4O. The van der Waals surface area contributed by atoms with Gasteiger partial charge in [0.1, 0.15) is 17.5 Å². The van der Waals surface area contributed by atoms with E-state index < -0.39 is 34.3 Å². The van der Waals surface area contributed by atoms with Crippen LogP contribution in [-0.4, -0.2) is 22.9 Å².